The van der Waals surface area contributed by atoms with Gasteiger partial charge in [-0.1, -0.05) is 0 Å². The normalized spacial score (nSPS) is 21.8. The Balaban J connectivity index is 2.43. The molecule has 0 radical (unpaired) electrons. The minimum atomic E-state index is 0.229. The van der Waals surface area contributed by atoms with Crippen LogP contribution in [0.2, 0.25) is 0 Å². The van der Waals surface area contributed by atoms with E-state index in [1.165, 1.54) is 11.3 Å². The maximum absolute atomic E-state index is 5.91. The third-order valence-electron chi connectivity index (χ3n) is 2.51. The molecule has 2 N–H and O–H groups in total. The summed E-state index contributed by atoms with van der Waals surface area (Å²) in [4.78, 5) is 0. The lowest BCUT2D eigenvalue weighted by atomic mass is 10.2. The number of hydrogen-bond donors (Lipinski definition) is 1. The number of aromatic nitrogens is 2. The largest absolute Gasteiger partial charge is 0.324 e. The van der Waals surface area contributed by atoms with Crippen molar-refractivity contribution in [1.82, 2.24) is 9.78 Å². The zero-order valence-electron chi connectivity index (χ0n) is 7.62. The predicted octanol–water partition coefficient (Wildman–Crippen LogP) is 1.41. The molecule has 1 aromatic heterocycles. The van der Waals surface area contributed by atoms with Gasteiger partial charge >= 0.3 is 0 Å². The summed E-state index contributed by atoms with van der Waals surface area (Å²) in [6.07, 6.45) is 4.10. The number of nitrogens with two attached hydrogens (primary N) is 1. The Morgan fingerprint density at radius 1 is 1.67 bits per heavy atom. The minimum Gasteiger partial charge on any atom is -0.324 e. The molecule has 1 aliphatic carbocycles. The van der Waals surface area contributed by atoms with E-state index in [1.54, 1.807) is 0 Å². The van der Waals surface area contributed by atoms with Crippen molar-refractivity contribution in [2.75, 3.05) is 0 Å². The van der Waals surface area contributed by atoms with Crippen LogP contribution in [0.3, 0.4) is 0 Å². The third-order valence-corrected chi connectivity index (χ3v) is 2.51. The van der Waals surface area contributed by atoms with Crippen LogP contribution < -0.4 is 5.73 Å². The van der Waals surface area contributed by atoms with Crippen molar-refractivity contribution in [3.8, 4) is 0 Å². The smallest absolute Gasteiger partial charge is 0.0540 e. The van der Waals surface area contributed by atoms with E-state index in [2.05, 4.69) is 23.6 Å². The molecule has 12 heavy (non-hydrogen) atoms. The Morgan fingerprint density at radius 2 is 2.42 bits per heavy atom. The number of hydrogen-bond acceptors (Lipinski definition) is 2. The van der Waals surface area contributed by atoms with Gasteiger partial charge in [-0.05, 0) is 26.7 Å². The molecule has 0 fully saturated rings. The second-order valence-corrected chi connectivity index (χ2v) is 3.73. The van der Waals surface area contributed by atoms with Crippen molar-refractivity contribution in [2.24, 2.45) is 5.73 Å². The Bertz CT molecular complexity index is 288. The van der Waals surface area contributed by atoms with Gasteiger partial charge in [-0.25, -0.2) is 0 Å². The molecule has 0 spiro atoms. The fourth-order valence-corrected chi connectivity index (χ4v) is 1.86. The van der Waals surface area contributed by atoms with E-state index in [0.717, 1.165) is 12.8 Å². The molecule has 66 valence electrons. The Kier molecular flexibility index (Phi) is 1.68. The average Bonchev–Trinajstić information content (AvgIpc) is 2.53. The molecule has 0 aromatic carbocycles. The lowest BCUT2D eigenvalue weighted by Gasteiger charge is -2.08. The topological polar surface area (TPSA) is 43.8 Å². The van der Waals surface area contributed by atoms with E-state index < -0.39 is 0 Å². The number of nitrogens with zero attached hydrogens (tertiary/aromatic N) is 2. The van der Waals surface area contributed by atoms with Crippen molar-refractivity contribution in [3.63, 3.8) is 0 Å². The summed E-state index contributed by atoms with van der Waals surface area (Å²) in [5, 5.41) is 4.32. The van der Waals surface area contributed by atoms with Crippen molar-refractivity contribution in [1.29, 1.82) is 0 Å². The van der Waals surface area contributed by atoms with E-state index in [4.69, 9.17) is 5.73 Å². The van der Waals surface area contributed by atoms with Gasteiger partial charge in [0.25, 0.3) is 0 Å². The molecule has 0 bridgehead atoms. The van der Waals surface area contributed by atoms with Crippen LogP contribution >= 0.6 is 0 Å². The van der Waals surface area contributed by atoms with Gasteiger partial charge in [0.1, 0.15) is 0 Å². The SMILES string of the molecule is CC(C)n1ncc2c1CCC2N. The van der Waals surface area contributed by atoms with Crippen LogP contribution in [-0.2, 0) is 6.42 Å². The first-order valence-corrected chi connectivity index (χ1v) is 4.52. The van der Waals surface area contributed by atoms with Gasteiger partial charge in [0, 0.05) is 23.3 Å². The maximum Gasteiger partial charge on any atom is 0.0540 e. The summed E-state index contributed by atoms with van der Waals surface area (Å²) in [5.74, 6) is 0. The highest BCUT2D eigenvalue weighted by molar-refractivity contribution is 5.27. The van der Waals surface area contributed by atoms with E-state index in [0.29, 0.717) is 6.04 Å². The molecule has 3 heteroatoms. The van der Waals surface area contributed by atoms with Gasteiger partial charge in [-0.15, -0.1) is 0 Å². The molecular weight excluding hydrogens is 150 g/mol. The van der Waals surface area contributed by atoms with Crippen LogP contribution in [-0.4, -0.2) is 9.78 Å². The zero-order valence-corrected chi connectivity index (χ0v) is 7.62. The van der Waals surface area contributed by atoms with Crippen LogP contribution in [0.15, 0.2) is 6.20 Å². The molecule has 1 aliphatic rings. The zero-order chi connectivity index (χ0) is 8.72. The van der Waals surface area contributed by atoms with Gasteiger partial charge in [-0.3, -0.25) is 4.68 Å². The summed E-state index contributed by atoms with van der Waals surface area (Å²) >= 11 is 0. The number of fused-ring (bicyclic) bond motifs is 1. The van der Waals surface area contributed by atoms with E-state index in [1.807, 2.05) is 6.20 Å². The molecule has 1 atom stereocenters. The molecule has 1 unspecified atom stereocenters. The van der Waals surface area contributed by atoms with E-state index in [9.17, 15) is 0 Å². The number of rotatable bonds is 1. The summed E-state index contributed by atoms with van der Waals surface area (Å²) in [6, 6.07) is 0.687. The van der Waals surface area contributed by atoms with Gasteiger partial charge in [0.05, 0.1) is 6.20 Å². The van der Waals surface area contributed by atoms with Gasteiger partial charge < -0.3 is 5.73 Å². The summed E-state index contributed by atoms with van der Waals surface area (Å²) in [5.41, 5.74) is 8.50. The van der Waals surface area contributed by atoms with Crippen molar-refractivity contribution >= 4 is 0 Å². The first-order valence-electron chi connectivity index (χ1n) is 4.52. The molecule has 0 saturated heterocycles. The van der Waals surface area contributed by atoms with Gasteiger partial charge in [-0.2, -0.15) is 5.10 Å². The summed E-state index contributed by atoms with van der Waals surface area (Å²) < 4.78 is 2.09. The lowest BCUT2D eigenvalue weighted by molar-refractivity contribution is 0.509. The lowest BCUT2D eigenvalue weighted by Crippen LogP contribution is -2.06. The monoisotopic (exact) mass is 165 g/mol. The Morgan fingerprint density at radius 3 is 3.08 bits per heavy atom. The van der Waals surface area contributed by atoms with Crippen LogP contribution in [0.5, 0.6) is 0 Å². The average molecular weight is 165 g/mol. The van der Waals surface area contributed by atoms with Crippen LogP contribution in [0.4, 0.5) is 0 Å². The van der Waals surface area contributed by atoms with Gasteiger partial charge in [0.15, 0.2) is 0 Å². The first-order chi connectivity index (χ1) is 5.70. The molecule has 1 aromatic rings. The minimum absolute atomic E-state index is 0.229. The standard InChI is InChI=1S/C9H15N3/c1-6(2)12-9-4-3-8(10)7(9)5-11-12/h5-6,8H,3-4,10H2,1-2H3. The second-order valence-electron chi connectivity index (χ2n) is 3.73. The highest BCUT2D eigenvalue weighted by Gasteiger charge is 2.24. The molecule has 2 rings (SSSR count). The first kappa shape index (κ1) is 7.80. The van der Waals surface area contributed by atoms with Crippen LogP contribution in [0, 0.1) is 0 Å². The summed E-state index contributed by atoms with van der Waals surface area (Å²) in [6.45, 7) is 4.30. The third kappa shape index (κ3) is 0.966. The molecule has 3 nitrogen and oxygen atoms in total. The molecule has 0 aliphatic heterocycles. The van der Waals surface area contributed by atoms with Gasteiger partial charge in [0.2, 0.25) is 0 Å². The highest BCUT2D eigenvalue weighted by Crippen LogP contribution is 2.30. The van der Waals surface area contributed by atoms with Crippen molar-refractivity contribution in [3.05, 3.63) is 17.5 Å². The maximum atomic E-state index is 5.91. The van der Waals surface area contributed by atoms with E-state index in [-0.39, 0.29) is 6.04 Å². The fraction of sp³-hybridized carbons (Fsp3) is 0.667. The second kappa shape index (κ2) is 2.59. The Labute approximate surface area is 72.6 Å². The highest BCUT2D eigenvalue weighted by atomic mass is 15.3. The van der Waals surface area contributed by atoms with Crippen molar-refractivity contribution in [2.45, 2.75) is 38.8 Å². The Hall–Kier alpha value is -0.830. The van der Waals surface area contributed by atoms with E-state index >= 15 is 0 Å². The molecular formula is C9H15N3. The molecule has 1 heterocycles. The molecule has 0 saturated carbocycles. The van der Waals surface area contributed by atoms with Crippen molar-refractivity contribution < 1.29 is 0 Å². The predicted molar refractivity (Wildman–Crippen MR) is 47.9 cm³/mol. The van der Waals surface area contributed by atoms with Crippen LogP contribution in [0.25, 0.3) is 0 Å². The summed E-state index contributed by atoms with van der Waals surface area (Å²) in [7, 11) is 0. The fourth-order valence-electron chi connectivity index (χ4n) is 1.86. The molecule has 0 amide bonds. The van der Waals surface area contributed by atoms with Crippen LogP contribution in [0.1, 0.15) is 43.6 Å². The quantitative estimate of drug-likeness (QED) is 0.683.